The predicted molar refractivity (Wildman–Crippen MR) is 66.0 cm³/mol. The number of hydrogen-bond donors (Lipinski definition) is 4. The van der Waals surface area contributed by atoms with Gasteiger partial charge in [0.2, 0.25) is 0 Å². The van der Waals surface area contributed by atoms with E-state index in [4.69, 9.17) is 15.2 Å². The summed E-state index contributed by atoms with van der Waals surface area (Å²) in [6.07, 6.45) is 0. The summed E-state index contributed by atoms with van der Waals surface area (Å²) in [4.78, 5) is 10.8. The summed E-state index contributed by atoms with van der Waals surface area (Å²) in [7, 11) is -1.47. The van der Waals surface area contributed by atoms with Gasteiger partial charge in [-0.2, -0.15) is 0 Å². The first-order valence-corrected chi connectivity index (χ1v) is 6.10. The van der Waals surface area contributed by atoms with Gasteiger partial charge in [-0.1, -0.05) is 24.3 Å². The second-order valence-electron chi connectivity index (χ2n) is 3.79. The van der Waals surface area contributed by atoms with E-state index >= 15 is 0 Å². The molecule has 5 nitrogen and oxygen atoms in total. The number of hydrogen-bond acceptors (Lipinski definition) is 5. The molecule has 1 fully saturated rings. The molecule has 2 rings (SSSR count). The highest BCUT2D eigenvalue weighted by Gasteiger charge is 2.30. The number of carbonyl (C=O) groups is 1. The zero-order valence-corrected chi connectivity index (χ0v) is 9.72. The second-order valence-corrected chi connectivity index (χ2v) is 5.10. The molecule has 17 heavy (non-hydrogen) atoms. The van der Waals surface area contributed by atoms with Gasteiger partial charge in [0, 0.05) is 6.54 Å². The van der Waals surface area contributed by atoms with Crippen LogP contribution in [0.2, 0.25) is 0 Å². The number of carboxylic acid groups (broad SMARTS) is 1. The average molecular weight is 253 g/mol. The molecule has 0 amide bonds. The number of benzene rings is 1. The van der Waals surface area contributed by atoms with Gasteiger partial charge in [-0.15, -0.1) is 11.8 Å². The van der Waals surface area contributed by atoms with Crippen molar-refractivity contribution in [1.29, 1.82) is 0 Å². The molecule has 0 radical (unpaired) electrons. The maximum absolute atomic E-state index is 10.8. The highest BCUT2D eigenvalue weighted by atomic mass is 32.2. The summed E-state index contributed by atoms with van der Waals surface area (Å²) in [6.45, 7) is 0.440. The minimum atomic E-state index is -1.47. The van der Waals surface area contributed by atoms with Crippen molar-refractivity contribution in [3.63, 3.8) is 0 Å². The normalized spacial score (nSPS) is 23.6. The summed E-state index contributed by atoms with van der Waals surface area (Å²) < 4.78 is 0. The second kappa shape index (κ2) is 5.09. The smallest absolute Gasteiger partial charge is 0.480 e. The summed E-state index contributed by atoms with van der Waals surface area (Å²) >= 11 is 1.35. The lowest BCUT2D eigenvalue weighted by Crippen LogP contribution is -2.29. The van der Waals surface area contributed by atoms with Crippen LogP contribution in [-0.2, 0) is 4.79 Å². The predicted octanol–water partition coefficient (Wildman–Crippen LogP) is -0.845. The van der Waals surface area contributed by atoms with E-state index in [9.17, 15) is 4.79 Å². The fourth-order valence-electron chi connectivity index (χ4n) is 1.66. The number of rotatable bonds is 3. The Balaban J connectivity index is 2.06. The van der Waals surface area contributed by atoms with Crippen molar-refractivity contribution in [2.45, 2.75) is 10.6 Å². The molecule has 0 aliphatic carbocycles. The Labute approximate surface area is 103 Å². The fourth-order valence-corrected chi connectivity index (χ4v) is 2.80. The molecule has 1 heterocycles. The fraction of sp³-hybridized carbons (Fsp3) is 0.300. The van der Waals surface area contributed by atoms with Crippen molar-refractivity contribution in [2.24, 2.45) is 0 Å². The molecule has 0 aromatic heterocycles. The van der Waals surface area contributed by atoms with Crippen molar-refractivity contribution in [3.8, 4) is 0 Å². The number of nitrogens with one attached hydrogen (secondary N) is 1. The van der Waals surface area contributed by atoms with Crippen LogP contribution in [-0.4, -0.2) is 40.0 Å². The van der Waals surface area contributed by atoms with Gasteiger partial charge in [0.25, 0.3) is 0 Å². The number of aliphatic carboxylic acids is 1. The van der Waals surface area contributed by atoms with Crippen LogP contribution in [0.25, 0.3) is 0 Å². The molecule has 4 N–H and O–H groups in total. The van der Waals surface area contributed by atoms with Gasteiger partial charge in [-0.25, -0.2) is 0 Å². The largest absolute Gasteiger partial charge is 0.488 e. The maximum atomic E-state index is 10.8. The van der Waals surface area contributed by atoms with Crippen LogP contribution in [0.5, 0.6) is 0 Å². The third kappa shape index (κ3) is 2.81. The van der Waals surface area contributed by atoms with Gasteiger partial charge in [0.15, 0.2) is 0 Å². The van der Waals surface area contributed by atoms with E-state index in [-0.39, 0.29) is 5.37 Å². The van der Waals surface area contributed by atoms with Gasteiger partial charge in [0.05, 0.1) is 5.37 Å². The molecular weight excluding hydrogens is 241 g/mol. The van der Waals surface area contributed by atoms with E-state index < -0.39 is 18.3 Å². The molecule has 90 valence electrons. The SMILES string of the molecule is O=C(O)[C@@H]1CN[C@H](c2ccc(B(O)O)cc2)S1. The van der Waals surface area contributed by atoms with Gasteiger partial charge in [0.1, 0.15) is 5.25 Å². The Morgan fingerprint density at radius 1 is 1.35 bits per heavy atom. The Morgan fingerprint density at radius 3 is 2.47 bits per heavy atom. The Kier molecular flexibility index (Phi) is 3.73. The highest BCUT2D eigenvalue weighted by Crippen LogP contribution is 2.34. The van der Waals surface area contributed by atoms with Crippen LogP contribution >= 0.6 is 11.8 Å². The Morgan fingerprint density at radius 2 is 2.00 bits per heavy atom. The van der Waals surface area contributed by atoms with E-state index in [0.717, 1.165) is 5.56 Å². The van der Waals surface area contributed by atoms with Crippen LogP contribution in [0.15, 0.2) is 24.3 Å². The molecule has 0 bridgehead atoms. The van der Waals surface area contributed by atoms with Crippen molar-refractivity contribution in [3.05, 3.63) is 29.8 Å². The number of thioether (sulfide) groups is 1. The van der Waals surface area contributed by atoms with E-state index in [0.29, 0.717) is 12.0 Å². The summed E-state index contributed by atoms with van der Waals surface area (Å²) in [5.41, 5.74) is 1.36. The maximum Gasteiger partial charge on any atom is 0.488 e. The molecule has 7 heteroatoms. The molecule has 1 saturated heterocycles. The Hall–Kier alpha value is -1.02. The molecule has 0 unspecified atom stereocenters. The lowest BCUT2D eigenvalue weighted by atomic mass is 9.80. The molecule has 0 spiro atoms. The Bertz CT molecular complexity index is 411. The summed E-state index contributed by atoms with van der Waals surface area (Å²) in [6, 6.07) is 6.78. The zero-order valence-electron chi connectivity index (χ0n) is 8.91. The van der Waals surface area contributed by atoms with Gasteiger partial charge in [-0.3, -0.25) is 10.1 Å². The first-order chi connectivity index (χ1) is 8.08. The van der Waals surface area contributed by atoms with Crippen LogP contribution in [0.1, 0.15) is 10.9 Å². The van der Waals surface area contributed by atoms with Crippen molar-refractivity contribution < 1.29 is 19.9 Å². The van der Waals surface area contributed by atoms with Crippen molar-refractivity contribution in [2.75, 3.05) is 6.54 Å². The van der Waals surface area contributed by atoms with Gasteiger partial charge < -0.3 is 15.2 Å². The van der Waals surface area contributed by atoms with Crippen LogP contribution < -0.4 is 10.8 Å². The van der Waals surface area contributed by atoms with E-state index in [2.05, 4.69) is 5.32 Å². The van der Waals surface area contributed by atoms with Crippen molar-refractivity contribution in [1.82, 2.24) is 5.32 Å². The van der Waals surface area contributed by atoms with Gasteiger partial charge >= 0.3 is 13.1 Å². The van der Waals surface area contributed by atoms with Crippen LogP contribution in [0.3, 0.4) is 0 Å². The zero-order chi connectivity index (χ0) is 12.4. The summed E-state index contributed by atoms with van der Waals surface area (Å²) in [5, 5.41) is 29.4. The third-order valence-corrected chi connectivity index (χ3v) is 4.01. The minimum Gasteiger partial charge on any atom is -0.480 e. The summed E-state index contributed by atoms with van der Waals surface area (Å²) in [5.74, 6) is -0.813. The first kappa shape index (κ1) is 12.4. The molecule has 2 atom stereocenters. The first-order valence-electron chi connectivity index (χ1n) is 5.15. The lowest BCUT2D eigenvalue weighted by Gasteiger charge is -2.10. The molecule has 1 aliphatic rings. The number of carboxylic acids is 1. The monoisotopic (exact) mass is 253 g/mol. The highest BCUT2D eigenvalue weighted by molar-refractivity contribution is 8.01. The van der Waals surface area contributed by atoms with E-state index in [1.165, 1.54) is 11.8 Å². The third-order valence-electron chi connectivity index (χ3n) is 2.60. The minimum absolute atomic E-state index is 0.0546. The molecule has 1 aromatic rings. The molecule has 0 saturated carbocycles. The standard InChI is InChI=1S/C10H12BNO4S/c13-10(14)8-5-12-9(17-8)6-1-3-7(4-2-6)11(15)16/h1-4,8-9,12,15-16H,5H2,(H,13,14)/t8-,9-/m0/s1. The van der Waals surface area contributed by atoms with Gasteiger partial charge in [-0.05, 0) is 11.0 Å². The average Bonchev–Trinajstić information content (AvgIpc) is 2.78. The molecule has 1 aromatic carbocycles. The quantitative estimate of drug-likeness (QED) is 0.525. The molecule has 1 aliphatic heterocycles. The molecular formula is C10H12BNO4S. The van der Waals surface area contributed by atoms with Crippen molar-refractivity contribution >= 4 is 30.3 Å². The van der Waals surface area contributed by atoms with E-state index in [1.807, 2.05) is 0 Å². The van der Waals surface area contributed by atoms with E-state index in [1.54, 1.807) is 24.3 Å². The lowest BCUT2D eigenvalue weighted by molar-refractivity contribution is -0.136. The van der Waals surface area contributed by atoms with Crippen LogP contribution in [0, 0.1) is 0 Å². The van der Waals surface area contributed by atoms with Crippen LogP contribution in [0.4, 0.5) is 0 Å². The topological polar surface area (TPSA) is 89.8 Å².